The van der Waals surface area contributed by atoms with Gasteiger partial charge in [-0.3, -0.25) is 14.9 Å². The van der Waals surface area contributed by atoms with Gasteiger partial charge in [-0.1, -0.05) is 42.5 Å². The fourth-order valence-electron chi connectivity index (χ4n) is 3.44. The van der Waals surface area contributed by atoms with Crippen molar-refractivity contribution in [3.05, 3.63) is 99.6 Å². The summed E-state index contributed by atoms with van der Waals surface area (Å²) in [7, 11) is 0. The van der Waals surface area contributed by atoms with E-state index in [1.165, 1.54) is 36.4 Å². The Kier molecular flexibility index (Phi) is 6.67. The lowest BCUT2D eigenvalue weighted by molar-refractivity contribution is -0.385. The minimum absolute atomic E-state index is 0.00750. The fourth-order valence-corrected chi connectivity index (χ4v) is 3.44. The van der Waals surface area contributed by atoms with Crippen LogP contribution >= 0.6 is 0 Å². The number of carbonyl (C=O) groups excluding carboxylic acids is 1. The van der Waals surface area contributed by atoms with Crippen LogP contribution in [0.3, 0.4) is 0 Å². The zero-order chi connectivity index (χ0) is 24.1. The fraction of sp³-hybridized carbons (Fsp3) is 0.125. The van der Waals surface area contributed by atoms with Crippen molar-refractivity contribution in [2.75, 3.05) is 6.79 Å². The molecule has 174 valence electrons. The van der Waals surface area contributed by atoms with Gasteiger partial charge in [-0.15, -0.1) is 0 Å². The average Bonchev–Trinajstić information content (AvgIpc) is 3.29. The summed E-state index contributed by atoms with van der Waals surface area (Å²) in [6, 6.07) is 17.0. The maximum Gasteiger partial charge on any atom is 0.387 e. The molecule has 0 aromatic heterocycles. The third kappa shape index (κ3) is 5.29. The molecule has 0 aliphatic carbocycles. The molecule has 0 saturated heterocycles. The zero-order valence-corrected chi connectivity index (χ0v) is 17.5. The number of alkyl halides is 2. The molecule has 0 bridgehead atoms. The molecule has 0 spiro atoms. The van der Waals surface area contributed by atoms with Crippen molar-refractivity contribution in [3.8, 4) is 17.2 Å². The molecule has 34 heavy (non-hydrogen) atoms. The van der Waals surface area contributed by atoms with Crippen molar-refractivity contribution in [2.24, 2.45) is 0 Å². The SMILES string of the molecule is O=C(/C=C/c1cc2c(cc1[N+](=O)[O-])OCO2)NC(c1ccccc1)c1ccc(OC(F)F)cc1. The first-order chi connectivity index (χ1) is 16.4. The lowest BCUT2D eigenvalue weighted by Gasteiger charge is -2.19. The van der Waals surface area contributed by atoms with Crippen molar-refractivity contribution in [2.45, 2.75) is 12.7 Å². The highest BCUT2D eigenvalue weighted by molar-refractivity contribution is 5.93. The number of nitro groups is 1. The summed E-state index contributed by atoms with van der Waals surface area (Å²) in [6.45, 7) is -2.99. The first kappa shape index (κ1) is 22.7. The lowest BCUT2D eigenvalue weighted by Crippen LogP contribution is -2.27. The highest BCUT2D eigenvalue weighted by Gasteiger charge is 2.22. The van der Waals surface area contributed by atoms with Crippen LogP contribution in [0, 0.1) is 10.1 Å². The van der Waals surface area contributed by atoms with Crippen LogP contribution in [-0.4, -0.2) is 24.2 Å². The van der Waals surface area contributed by atoms with Crippen molar-refractivity contribution < 1.29 is 32.7 Å². The number of hydrogen-bond acceptors (Lipinski definition) is 6. The largest absolute Gasteiger partial charge is 0.454 e. The number of amides is 1. The van der Waals surface area contributed by atoms with E-state index < -0.39 is 23.5 Å². The average molecular weight is 468 g/mol. The number of benzene rings is 3. The smallest absolute Gasteiger partial charge is 0.387 e. The Hall–Kier alpha value is -4.47. The van der Waals surface area contributed by atoms with Crippen molar-refractivity contribution in [1.82, 2.24) is 5.32 Å². The monoisotopic (exact) mass is 468 g/mol. The Balaban J connectivity index is 1.57. The third-order valence-corrected chi connectivity index (χ3v) is 4.99. The van der Waals surface area contributed by atoms with E-state index in [-0.39, 0.29) is 29.5 Å². The normalized spacial score (nSPS) is 13.1. The predicted octanol–water partition coefficient (Wildman–Crippen LogP) is 4.84. The first-order valence-electron chi connectivity index (χ1n) is 10.1. The van der Waals surface area contributed by atoms with E-state index in [2.05, 4.69) is 10.1 Å². The number of nitro benzene ring substituents is 1. The van der Waals surface area contributed by atoms with E-state index in [4.69, 9.17) is 9.47 Å². The summed E-state index contributed by atoms with van der Waals surface area (Å²) in [5.74, 6) is 0.0799. The summed E-state index contributed by atoms with van der Waals surface area (Å²) < 4.78 is 39.7. The van der Waals surface area contributed by atoms with Crippen LogP contribution in [0.5, 0.6) is 17.2 Å². The highest BCUT2D eigenvalue weighted by atomic mass is 19.3. The molecular formula is C24H18F2N2O6. The van der Waals surface area contributed by atoms with Crippen LogP contribution in [0.25, 0.3) is 6.08 Å². The van der Waals surface area contributed by atoms with Gasteiger partial charge in [0.05, 0.1) is 22.6 Å². The number of rotatable bonds is 8. The molecular weight excluding hydrogens is 450 g/mol. The summed E-state index contributed by atoms with van der Waals surface area (Å²) in [5, 5.41) is 14.3. The van der Waals surface area contributed by atoms with Gasteiger partial charge in [0.2, 0.25) is 12.7 Å². The van der Waals surface area contributed by atoms with Crippen LogP contribution in [0.4, 0.5) is 14.5 Å². The maximum atomic E-state index is 12.8. The van der Waals surface area contributed by atoms with Crippen LogP contribution < -0.4 is 19.5 Å². The summed E-state index contributed by atoms with van der Waals surface area (Å²) >= 11 is 0. The molecule has 1 atom stereocenters. The molecule has 10 heteroatoms. The van der Waals surface area contributed by atoms with Gasteiger partial charge < -0.3 is 19.5 Å². The molecule has 0 radical (unpaired) electrons. The number of hydrogen-bond donors (Lipinski definition) is 1. The van der Waals surface area contributed by atoms with E-state index in [0.29, 0.717) is 11.3 Å². The standard InChI is InChI=1S/C24H18F2N2O6/c25-24(26)34-18-9-6-16(7-10-18)23(15-4-2-1-3-5-15)27-22(29)11-8-17-12-20-21(33-14-32-20)13-19(17)28(30)31/h1-13,23-24H,14H2,(H,27,29)/b11-8+. The molecule has 1 aliphatic rings. The number of carbonyl (C=O) groups is 1. The van der Waals surface area contributed by atoms with Crippen LogP contribution in [0.2, 0.25) is 0 Å². The Morgan fingerprint density at radius 2 is 1.68 bits per heavy atom. The molecule has 3 aromatic rings. The number of nitrogens with one attached hydrogen (secondary N) is 1. The van der Waals surface area contributed by atoms with E-state index >= 15 is 0 Å². The van der Waals surface area contributed by atoms with E-state index in [1.807, 2.05) is 6.07 Å². The summed E-state index contributed by atoms with van der Waals surface area (Å²) in [6.07, 6.45) is 2.49. The summed E-state index contributed by atoms with van der Waals surface area (Å²) in [4.78, 5) is 23.6. The van der Waals surface area contributed by atoms with Gasteiger partial charge in [-0.2, -0.15) is 8.78 Å². The molecule has 0 saturated carbocycles. The predicted molar refractivity (Wildman–Crippen MR) is 118 cm³/mol. The Morgan fingerprint density at radius 1 is 1.03 bits per heavy atom. The minimum Gasteiger partial charge on any atom is -0.454 e. The topological polar surface area (TPSA) is 99.9 Å². The van der Waals surface area contributed by atoms with E-state index in [9.17, 15) is 23.7 Å². The molecule has 3 aromatic carbocycles. The van der Waals surface area contributed by atoms with Crippen LogP contribution in [-0.2, 0) is 4.79 Å². The number of ether oxygens (including phenoxy) is 3. The minimum atomic E-state index is -2.94. The van der Waals surface area contributed by atoms with E-state index in [1.54, 1.807) is 36.4 Å². The quantitative estimate of drug-likeness (QED) is 0.288. The molecule has 0 fully saturated rings. The molecule has 1 N–H and O–H groups in total. The van der Waals surface area contributed by atoms with Crippen molar-refractivity contribution >= 4 is 17.7 Å². The second-order valence-electron chi connectivity index (χ2n) is 7.15. The van der Waals surface area contributed by atoms with E-state index in [0.717, 1.165) is 5.56 Å². The second-order valence-corrected chi connectivity index (χ2v) is 7.15. The molecule has 4 rings (SSSR count). The Labute approximate surface area is 192 Å². The summed E-state index contributed by atoms with van der Waals surface area (Å²) in [5.41, 5.74) is 1.32. The molecule has 1 heterocycles. The van der Waals surface area contributed by atoms with Gasteiger partial charge in [0.1, 0.15) is 5.75 Å². The zero-order valence-electron chi connectivity index (χ0n) is 17.5. The number of nitrogens with zero attached hydrogens (tertiary/aromatic N) is 1. The van der Waals surface area contributed by atoms with Gasteiger partial charge >= 0.3 is 6.61 Å². The van der Waals surface area contributed by atoms with Gasteiger partial charge in [-0.25, -0.2) is 0 Å². The first-order valence-corrected chi connectivity index (χ1v) is 10.1. The van der Waals surface area contributed by atoms with Crippen molar-refractivity contribution in [3.63, 3.8) is 0 Å². The lowest BCUT2D eigenvalue weighted by atomic mass is 9.98. The number of halogens is 2. The molecule has 8 nitrogen and oxygen atoms in total. The molecule has 1 amide bonds. The maximum absolute atomic E-state index is 12.8. The molecule has 1 unspecified atom stereocenters. The van der Waals surface area contributed by atoms with Gasteiger partial charge in [0.15, 0.2) is 11.5 Å². The van der Waals surface area contributed by atoms with Gasteiger partial charge in [0.25, 0.3) is 5.69 Å². The molecule has 1 aliphatic heterocycles. The Morgan fingerprint density at radius 3 is 2.32 bits per heavy atom. The van der Waals surface area contributed by atoms with Crippen LogP contribution in [0.1, 0.15) is 22.7 Å². The Bertz CT molecular complexity index is 1220. The number of fused-ring (bicyclic) bond motifs is 1. The van der Waals surface area contributed by atoms with Crippen LogP contribution in [0.15, 0.2) is 72.8 Å². The van der Waals surface area contributed by atoms with Gasteiger partial charge in [0, 0.05) is 6.08 Å². The second kappa shape index (κ2) is 9.99. The van der Waals surface area contributed by atoms with Crippen molar-refractivity contribution in [1.29, 1.82) is 0 Å². The van der Waals surface area contributed by atoms with Gasteiger partial charge in [-0.05, 0) is 35.4 Å². The highest BCUT2D eigenvalue weighted by Crippen LogP contribution is 2.38. The third-order valence-electron chi connectivity index (χ3n) is 4.99.